The number of esters is 1. The molecular weight excluding hydrogens is 346 g/mol. The molecule has 1 fully saturated rings. The van der Waals surface area contributed by atoms with Crippen molar-refractivity contribution in [3.63, 3.8) is 0 Å². The Morgan fingerprint density at radius 1 is 1.30 bits per heavy atom. The molecular formula is C18H21N7O2. The topological polar surface area (TPSA) is 112 Å². The third-order valence-electron chi connectivity index (χ3n) is 4.74. The van der Waals surface area contributed by atoms with Gasteiger partial charge in [0, 0.05) is 13.1 Å². The van der Waals surface area contributed by atoms with E-state index in [1.165, 1.54) is 6.33 Å². The molecule has 0 bridgehead atoms. The third kappa shape index (κ3) is 3.16. The second-order valence-corrected chi connectivity index (χ2v) is 6.46. The van der Waals surface area contributed by atoms with Crippen molar-refractivity contribution in [1.29, 1.82) is 0 Å². The first-order chi connectivity index (χ1) is 13.2. The number of nitrogens with two attached hydrogens (primary N) is 1. The van der Waals surface area contributed by atoms with Crippen molar-refractivity contribution < 1.29 is 9.53 Å². The van der Waals surface area contributed by atoms with E-state index in [4.69, 9.17) is 10.5 Å². The van der Waals surface area contributed by atoms with Crippen LogP contribution in [0.25, 0.3) is 16.9 Å². The summed E-state index contributed by atoms with van der Waals surface area (Å²) in [5, 5.41) is 8.34. The lowest BCUT2D eigenvalue weighted by Crippen LogP contribution is -2.40. The molecule has 1 saturated heterocycles. The quantitative estimate of drug-likeness (QED) is 0.692. The molecule has 9 nitrogen and oxygen atoms in total. The zero-order valence-electron chi connectivity index (χ0n) is 15.1. The molecule has 3 aromatic rings. The fraction of sp³-hybridized carbons (Fsp3) is 0.389. The van der Waals surface area contributed by atoms with Gasteiger partial charge in [0.15, 0.2) is 11.6 Å². The molecule has 1 aliphatic rings. The van der Waals surface area contributed by atoms with E-state index in [2.05, 4.69) is 20.3 Å². The van der Waals surface area contributed by atoms with Gasteiger partial charge in [-0.25, -0.2) is 9.97 Å². The number of carbonyl (C=O) groups excluding carboxylic acids is 1. The largest absolute Gasteiger partial charge is 0.466 e. The molecule has 4 rings (SSSR count). The van der Waals surface area contributed by atoms with Gasteiger partial charge in [0.1, 0.15) is 17.5 Å². The summed E-state index contributed by atoms with van der Waals surface area (Å²) < 4.78 is 6.79. The molecule has 2 N–H and O–H groups in total. The molecule has 0 radical (unpaired) electrons. The van der Waals surface area contributed by atoms with Gasteiger partial charge >= 0.3 is 5.97 Å². The number of para-hydroxylation sites is 1. The standard InChI is InChI=1S/C18H21N7O2/c1-2-27-18(26)12-6-5-9-24(10-12)16-15(19)17(21-11-20-16)25-14-8-4-3-7-13(14)22-23-25/h3-4,7-8,11-12H,2,5-6,9-10,19H2,1H3. The Morgan fingerprint density at radius 2 is 2.11 bits per heavy atom. The molecule has 0 amide bonds. The molecule has 1 aliphatic heterocycles. The summed E-state index contributed by atoms with van der Waals surface area (Å²) in [5.41, 5.74) is 8.40. The van der Waals surface area contributed by atoms with E-state index >= 15 is 0 Å². The van der Waals surface area contributed by atoms with Crippen LogP contribution < -0.4 is 10.6 Å². The zero-order valence-corrected chi connectivity index (χ0v) is 15.1. The van der Waals surface area contributed by atoms with Crippen molar-refractivity contribution >= 4 is 28.5 Å². The van der Waals surface area contributed by atoms with E-state index in [-0.39, 0.29) is 11.9 Å². The van der Waals surface area contributed by atoms with Crippen LogP contribution in [0, 0.1) is 5.92 Å². The lowest BCUT2D eigenvalue weighted by molar-refractivity contribution is -0.148. The molecule has 1 atom stereocenters. The average molecular weight is 367 g/mol. The number of fused-ring (bicyclic) bond motifs is 1. The van der Waals surface area contributed by atoms with Crippen molar-refractivity contribution in [3.8, 4) is 5.82 Å². The fourth-order valence-corrected chi connectivity index (χ4v) is 3.45. The second kappa shape index (κ2) is 7.18. The zero-order chi connectivity index (χ0) is 18.8. The number of nitrogens with zero attached hydrogens (tertiary/aromatic N) is 6. The summed E-state index contributed by atoms with van der Waals surface area (Å²) in [5.74, 6) is 0.738. The van der Waals surface area contributed by atoms with E-state index in [0.29, 0.717) is 30.5 Å². The monoisotopic (exact) mass is 367 g/mol. The third-order valence-corrected chi connectivity index (χ3v) is 4.74. The maximum atomic E-state index is 12.1. The second-order valence-electron chi connectivity index (χ2n) is 6.46. The predicted octanol–water partition coefficient (Wildman–Crippen LogP) is 1.57. The number of hydrogen-bond acceptors (Lipinski definition) is 8. The van der Waals surface area contributed by atoms with Crippen molar-refractivity contribution in [2.45, 2.75) is 19.8 Å². The van der Waals surface area contributed by atoms with Crippen molar-refractivity contribution in [1.82, 2.24) is 25.0 Å². The van der Waals surface area contributed by atoms with E-state index in [1.54, 1.807) is 4.68 Å². The Morgan fingerprint density at radius 3 is 2.96 bits per heavy atom. The van der Waals surface area contributed by atoms with Crippen molar-refractivity contribution in [3.05, 3.63) is 30.6 Å². The van der Waals surface area contributed by atoms with Gasteiger partial charge in [-0.15, -0.1) is 5.10 Å². The van der Waals surface area contributed by atoms with Gasteiger partial charge in [-0.05, 0) is 31.9 Å². The summed E-state index contributed by atoms with van der Waals surface area (Å²) in [6.07, 6.45) is 3.14. The number of aromatic nitrogens is 5. The maximum absolute atomic E-state index is 12.1. The van der Waals surface area contributed by atoms with E-state index in [1.807, 2.05) is 36.1 Å². The van der Waals surface area contributed by atoms with Crippen LogP contribution in [0.3, 0.4) is 0 Å². The van der Waals surface area contributed by atoms with Crippen LogP contribution in [0.5, 0.6) is 0 Å². The molecule has 0 spiro atoms. The van der Waals surface area contributed by atoms with Crippen molar-refractivity contribution in [2.75, 3.05) is 30.3 Å². The minimum absolute atomic E-state index is 0.169. The number of rotatable bonds is 4. The normalized spacial score (nSPS) is 17.2. The molecule has 140 valence electrons. The first kappa shape index (κ1) is 17.2. The first-order valence-electron chi connectivity index (χ1n) is 9.02. The number of carbonyl (C=O) groups is 1. The minimum atomic E-state index is -0.177. The lowest BCUT2D eigenvalue weighted by Gasteiger charge is -2.33. The number of anilines is 2. The van der Waals surface area contributed by atoms with Gasteiger partial charge < -0.3 is 15.4 Å². The van der Waals surface area contributed by atoms with Gasteiger partial charge in [0.2, 0.25) is 0 Å². The number of nitrogen functional groups attached to an aromatic ring is 1. The highest BCUT2D eigenvalue weighted by Crippen LogP contribution is 2.30. The van der Waals surface area contributed by atoms with Gasteiger partial charge in [-0.1, -0.05) is 17.3 Å². The van der Waals surface area contributed by atoms with Crippen LogP contribution in [-0.2, 0) is 9.53 Å². The number of benzene rings is 1. The van der Waals surface area contributed by atoms with E-state index < -0.39 is 0 Å². The number of hydrogen-bond donors (Lipinski definition) is 1. The maximum Gasteiger partial charge on any atom is 0.310 e. The van der Waals surface area contributed by atoms with Crippen LogP contribution in [0.4, 0.5) is 11.5 Å². The SMILES string of the molecule is CCOC(=O)C1CCCN(c2ncnc(-n3nnc4ccccc43)c2N)C1. The Bertz CT molecular complexity index is 971. The van der Waals surface area contributed by atoms with Gasteiger partial charge in [0.25, 0.3) is 0 Å². The Balaban J connectivity index is 1.67. The molecule has 1 unspecified atom stereocenters. The molecule has 0 aliphatic carbocycles. The van der Waals surface area contributed by atoms with E-state index in [9.17, 15) is 4.79 Å². The summed E-state index contributed by atoms with van der Waals surface area (Å²) in [7, 11) is 0. The Hall–Kier alpha value is -3.23. The van der Waals surface area contributed by atoms with Crippen LogP contribution in [-0.4, -0.2) is 50.6 Å². The Labute approximate surface area is 156 Å². The highest BCUT2D eigenvalue weighted by Gasteiger charge is 2.29. The van der Waals surface area contributed by atoms with Gasteiger partial charge in [-0.2, -0.15) is 4.68 Å². The Kier molecular flexibility index (Phi) is 4.57. The van der Waals surface area contributed by atoms with Crippen LogP contribution >= 0.6 is 0 Å². The highest BCUT2D eigenvalue weighted by atomic mass is 16.5. The number of piperidine rings is 1. The number of ether oxygens (including phenoxy) is 1. The van der Waals surface area contributed by atoms with E-state index in [0.717, 1.165) is 30.4 Å². The summed E-state index contributed by atoms with van der Waals surface area (Å²) in [4.78, 5) is 22.8. The highest BCUT2D eigenvalue weighted by molar-refractivity contribution is 5.79. The summed E-state index contributed by atoms with van der Waals surface area (Å²) in [6.45, 7) is 3.50. The first-order valence-corrected chi connectivity index (χ1v) is 9.02. The van der Waals surface area contributed by atoms with Gasteiger partial charge in [-0.3, -0.25) is 4.79 Å². The molecule has 0 saturated carbocycles. The lowest BCUT2D eigenvalue weighted by atomic mass is 9.98. The molecule has 1 aromatic carbocycles. The average Bonchev–Trinajstić information content (AvgIpc) is 3.12. The minimum Gasteiger partial charge on any atom is -0.466 e. The fourth-order valence-electron chi connectivity index (χ4n) is 3.45. The van der Waals surface area contributed by atoms with Crippen LogP contribution in [0.15, 0.2) is 30.6 Å². The molecule has 9 heteroatoms. The summed E-state index contributed by atoms with van der Waals surface area (Å²) >= 11 is 0. The molecule has 27 heavy (non-hydrogen) atoms. The summed E-state index contributed by atoms with van der Waals surface area (Å²) in [6, 6.07) is 7.61. The molecule has 2 aromatic heterocycles. The van der Waals surface area contributed by atoms with Crippen LogP contribution in [0.1, 0.15) is 19.8 Å². The smallest absolute Gasteiger partial charge is 0.310 e. The predicted molar refractivity (Wildman–Crippen MR) is 100 cm³/mol. The van der Waals surface area contributed by atoms with Crippen LogP contribution in [0.2, 0.25) is 0 Å². The van der Waals surface area contributed by atoms with Crippen molar-refractivity contribution in [2.24, 2.45) is 5.92 Å². The van der Waals surface area contributed by atoms with Gasteiger partial charge in [0.05, 0.1) is 18.0 Å². The molecule has 3 heterocycles.